The number of hydrogen-bond donors (Lipinski definition) is 0. The molecule has 8 nitrogen and oxygen atoms in total. The fourth-order valence-electron chi connectivity index (χ4n) is 6.24. The van der Waals surface area contributed by atoms with Crippen molar-refractivity contribution in [1.82, 2.24) is 29.5 Å². The lowest BCUT2D eigenvalue weighted by Gasteiger charge is -2.37. The van der Waals surface area contributed by atoms with Gasteiger partial charge in [0.1, 0.15) is 5.52 Å². The molecule has 6 heterocycles. The zero-order valence-electron chi connectivity index (χ0n) is 20.0. The summed E-state index contributed by atoms with van der Waals surface area (Å²) < 4.78 is 15.8. The molecule has 0 spiro atoms. The van der Waals surface area contributed by atoms with Gasteiger partial charge < -0.3 is 14.0 Å². The van der Waals surface area contributed by atoms with Crippen molar-refractivity contribution >= 4 is 21.9 Å². The lowest BCUT2D eigenvalue weighted by molar-refractivity contribution is 0.0552. The summed E-state index contributed by atoms with van der Waals surface area (Å²) in [5, 5.41) is 9.59. The van der Waals surface area contributed by atoms with E-state index < -0.39 is 0 Å². The normalized spacial score (nSPS) is 17.7. The molecule has 2 aliphatic heterocycles. The molecule has 0 unspecified atom stereocenters. The summed E-state index contributed by atoms with van der Waals surface area (Å²) in [7, 11) is 3.61. The smallest absolute Gasteiger partial charge is 0.224 e. The van der Waals surface area contributed by atoms with Crippen molar-refractivity contribution in [2.45, 2.75) is 25.8 Å². The monoisotopic (exact) mass is 466 g/mol. The van der Waals surface area contributed by atoms with Crippen LogP contribution >= 0.6 is 0 Å². The van der Waals surface area contributed by atoms with E-state index in [-0.39, 0.29) is 6.04 Å². The van der Waals surface area contributed by atoms with Crippen LogP contribution in [-0.4, -0.2) is 49.9 Å². The van der Waals surface area contributed by atoms with Crippen LogP contribution in [0.3, 0.4) is 0 Å². The Morgan fingerprint density at radius 1 is 1.06 bits per heavy atom. The van der Waals surface area contributed by atoms with E-state index >= 15 is 0 Å². The van der Waals surface area contributed by atoms with E-state index in [0.29, 0.717) is 11.8 Å². The van der Waals surface area contributed by atoms with Crippen LogP contribution in [0, 0.1) is 12.8 Å². The predicted molar refractivity (Wildman–Crippen MR) is 133 cm³/mol. The maximum absolute atomic E-state index is 5.75. The van der Waals surface area contributed by atoms with E-state index in [1.165, 1.54) is 16.7 Å². The van der Waals surface area contributed by atoms with Crippen molar-refractivity contribution < 1.29 is 9.47 Å². The van der Waals surface area contributed by atoms with E-state index in [0.717, 1.165) is 64.9 Å². The van der Waals surface area contributed by atoms with Crippen molar-refractivity contribution in [3.05, 3.63) is 54.0 Å². The molecule has 1 atom stereocenters. The Morgan fingerprint density at radius 3 is 2.66 bits per heavy atom. The lowest BCUT2D eigenvalue weighted by Crippen LogP contribution is -2.29. The molecule has 0 radical (unpaired) electrons. The standard InChI is InChI=1S/C27H26N6O2/c1-15-24(32(2)31-30-15)19-14-29-23-22-20(8-11-28-27(22)34-3)33-25(16-9-12-35-13-10-16)18-7-5-4-6-17(18)21(19)26(23)33/h4-8,11,14,16,25H,9-10,12-13H2,1-3H3/t25-/m0/s1. The molecular weight excluding hydrogens is 440 g/mol. The minimum atomic E-state index is 0.178. The third kappa shape index (κ3) is 2.77. The molecule has 1 fully saturated rings. The number of benzene rings is 1. The molecular formula is C27H26N6O2. The van der Waals surface area contributed by atoms with E-state index in [1.54, 1.807) is 7.11 Å². The van der Waals surface area contributed by atoms with Gasteiger partial charge in [-0.3, -0.25) is 4.98 Å². The second-order valence-electron chi connectivity index (χ2n) is 9.46. The maximum Gasteiger partial charge on any atom is 0.224 e. The maximum atomic E-state index is 5.75. The predicted octanol–water partition coefficient (Wildman–Crippen LogP) is 4.69. The molecule has 5 aromatic rings. The number of pyridine rings is 2. The molecule has 0 N–H and O–H groups in total. The number of methoxy groups -OCH3 is 1. The van der Waals surface area contributed by atoms with Crippen LogP contribution < -0.4 is 4.74 Å². The number of hydrogen-bond acceptors (Lipinski definition) is 6. The fourth-order valence-corrected chi connectivity index (χ4v) is 6.24. The van der Waals surface area contributed by atoms with E-state index in [9.17, 15) is 0 Å². The summed E-state index contributed by atoms with van der Waals surface area (Å²) >= 11 is 0. The van der Waals surface area contributed by atoms with Crippen LogP contribution in [0.2, 0.25) is 0 Å². The van der Waals surface area contributed by atoms with Crippen LogP contribution in [0.25, 0.3) is 44.3 Å². The van der Waals surface area contributed by atoms with E-state index in [2.05, 4.69) is 50.2 Å². The van der Waals surface area contributed by atoms with Gasteiger partial charge in [0.15, 0.2) is 0 Å². The summed E-state index contributed by atoms with van der Waals surface area (Å²) in [6, 6.07) is 11.1. The number of aryl methyl sites for hydroxylation is 2. The molecule has 35 heavy (non-hydrogen) atoms. The molecule has 1 saturated heterocycles. The second kappa shape index (κ2) is 7.61. The summed E-state index contributed by atoms with van der Waals surface area (Å²) in [5.41, 5.74) is 9.80. The fraction of sp³-hybridized carbons (Fsp3) is 0.333. The van der Waals surface area contributed by atoms with Gasteiger partial charge in [-0.1, -0.05) is 29.5 Å². The molecule has 176 valence electrons. The number of nitrogens with zero attached hydrogens (tertiary/aromatic N) is 6. The Labute approximate surface area is 202 Å². The third-order valence-electron chi connectivity index (χ3n) is 7.67. The zero-order valence-corrected chi connectivity index (χ0v) is 20.0. The Hall–Kier alpha value is -3.78. The number of aromatic nitrogens is 6. The highest BCUT2D eigenvalue weighted by Crippen LogP contribution is 2.52. The Balaban J connectivity index is 1.68. The van der Waals surface area contributed by atoms with Crippen LogP contribution in [0.1, 0.15) is 30.1 Å². The van der Waals surface area contributed by atoms with Gasteiger partial charge in [0, 0.05) is 43.8 Å². The van der Waals surface area contributed by atoms with Gasteiger partial charge in [0.2, 0.25) is 5.88 Å². The van der Waals surface area contributed by atoms with E-state index in [1.807, 2.05) is 31.0 Å². The average molecular weight is 467 g/mol. The van der Waals surface area contributed by atoms with Crippen LogP contribution in [-0.2, 0) is 11.8 Å². The molecule has 8 heteroatoms. The Morgan fingerprint density at radius 2 is 1.89 bits per heavy atom. The number of ether oxygens (including phenoxy) is 2. The number of fused-ring (bicyclic) bond motifs is 5. The largest absolute Gasteiger partial charge is 0.480 e. The first kappa shape index (κ1) is 20.6. The molecule has 0 amide bonds. The van der Waals surface area contributed by atoms with Gasteiger partial charge >= 0.3 is 0 Å². The van der Waals surface area contributed by atoms with Gasteiger partial charge in [-0.05, 0) is 42.9 Å². The first-order valence-electron chi connectivity index (χ1n) is 12.1. The van der Waals surface area contributed by atoms with Gasteiger partial charge in [0.05, 0.1) is 41.0 Å². The highest BCUT2D eigenvalue weighted by molar-refractivity contribution is 6.16. The average Bonchev–Trinajstić information content (AvgIpc) is 3.42. The first-order valence-corrected chi connectivity index (χ1v) is 12.1. The van der Waals surface area contributed by atoms with Gasteiger partial charge in [-0.15, -0.1) is 5.10 Å². The van der Waals surface area contributed by atoms with Crippen molar-refractivity contribution in [2.75, 3.05) is 20.3 Å². The minimum absolute atomic E-state index is 0.178. The molecule has 0 aliphatic carbocycles. The van der Waals surface area contributed by atoms with Crippen molar-refractivity contribution in [1.29, 1.82) is 0 Å². The first-order chi connectivity index (χ1) is 17.2. The molecule has 7 rings (SSSR count). The Bertz CT molecular complexity index is 1590. The molecule has 0 saturated carbocycles. The Kier molecular flexibility index (Phi) is 4.48. The number of rotatable bonds is 3. The second-order valence-corrected chi connectivity index (χ2v) is 9.46. The summed E-state index contributed by atoms with van der Waals surface area (Å²) in [5.74, 6) is 1.06. The van der Waals surface area contributed by atoms with Crippen molar-refractivity contribution in [3.63, 3.8) is 0 Å². The lowest BCUT2D eigenvalue weighted by atomic mass is 9.80. The molecule has 2 aliphatic rings. The highest BCUT2D eigenvalue weighted by atomic mass is 16.5. The van der Waals surface area contributed by atoms with Crippen molar-refractivity contribution in [3.8, 4) is 28.3 Å². The van der Waals surface area contributed by atoms with Crippen molar-refractivity contribution in [2.24, 2.45) is 13.0 Å². The van der Waals surface area contributed by atoms with Gasteiger partial charge in [-0.25, -0.2) is 9.67 Å². The summed E-state index contributed by atoms with van der Waals surface area (Å²) in [4.78, 5) is 9.58. The molecule has 1 aromatic carbocycles. The minimum Gasteiger partial charge on any atom is -0.480 e. The van der Waals surface area contributed by atoms with E-state index in [4.69, 9.17) is 14.5 Å². The molecule has 0 bridgehead atoms. The molecule has 4 aromatic heterocycles. The summed E-state index contributed by atoms with van der Waals surface area (Å²) in [6.07, 6.45) is 5.84. The highest BCUT2D eigenvalue weighted by Gasteiger charge is 2.37. The topological polar surface area (TPSA) is 79.9 Å². The van der Waals surface area contributed by atoms with Gasteiger partial charge in [0.25, 0.3) is 0 Å². The SMILES string of the molecule is COc1nccc2c1c1ncc(-c3c(C)nnn3C)c3c1n2[C@@H](C1CCOCC1)c1ccccc1-3. The summed E-state index contributed by atoms with van der Waals surface area (Å²) in [6.45, 7) is 3.59. The zero-order chi connectivity index (χ0) is 23.7. The van der Waals surface area contributed by atoms with Crippen LogP contribution in [0.5, 0.6) is 5.88 Å². The third-order valence-corrected chi connectivity index (χ3v) is 7.67. The van der Waals surface area contributed by atoms with Crippen LogP contribution in [0.15, 0.2) is 42.7 Å². The quantitative estimate of drug-likeness (QED) is 0.384. The van der Waals surface area contributed by atoms with Gasteiger partial charge in [-0.2, -0.15) is 0 Å². The van der Waals surface area contributed by atoms with Crippen LogP contribution in [0.4, 0.5) is 0 Å².